The minimum absolute atomic E-state index is 0. The Labute approximate surface area is 405 Å². The standard InChI is InChI=1S/C12H10.C11H7O2.C10H7.C2H4O2.C2H6.CO2.3K/c1-3-7-11-9-5-2-6-10-12(11)8-4-1;12-8-13-11-6-5-9-3-1-2-4-10(9)7-11;1-2-6-10-8-4-3-7-9(10)5-1;1-2(3)4;1-2;2-1-3;;;/h1-10H;1-7H;1-3,5-8H;1H3,(H,3,4);1-2H3;;;;/q;2*-1;;;;3*+1/p-1. The van der Waals surface area contributed by atoms with Crippen molar-refractivity contribution >= 4 is 40.1 Å². The fourth-order valence-corrected chi connectivity index (χ4v) is 3.61. The van der Waals surface area contributed by atoms with Gasteiger partial charge in [-0.05, 0) is 34.6 Å². The molecule has 0 radical (unpaired) electrons. The molecule has 0 aliphatic heterocycles. The molecule has 6 rings (SSSR count). The minimum atomic E-state index is -1.08. The number of aliphatic carboxylic acids is 1. The maximum Gasteiger partial charge on any atom is 1.00 e. The summed E-state index contributed by atoms with van der Waals surface area (Å²) in [6.07, 6.45) is 21.0. The number of ether oxygens (including phenoxy) is 1. The van der Waals surface area contributed by atoms with Crippen LogP contribution in [0, 0.1) is 6.07 Å². The molecule has 9 heteroatoms. The van der Waals surface area contributed by atoms with Crippen LogP contribution in [0.3, 0.4) is 0 Å². The second-order valence-corrected chi connectivity index (χ2v) is 8.27. The van der Waals surface area contributed by atoms with E-state index in [1.54, 1.807) is 12.1 Å². The molecule has 0 amide bonds. The number of hydrogen-bond acceptors (Lipinski definition) is 6. The molecule has 4 aromatic rings. The van der Waals surface area contributed by atoms with Crippen LogP contribution >= 0.6 is 0 Å². The van der Waals surface area contributed by atoms with Crippen molar-refractivity contribution in [3.05, 3.63) is 163 Å². The monoisotopic (exact) mass is 702 g/mol. The van der Waals surface area contributed by atoms with E-state index in [1.165, 1.54) is 28.4 Å². The summed E-state index contributed by atoms with van der Waals surface area (Å²) < 4.78 is 4.61. The molecule has 0 unspecified atom stereocenters. The Morgan fingerprint density at radius 2 is 1.15 bits per heavy atom. The summed E-state index contributed by atoms with van der Waals surface area (Å²) in [7, 11) is 0. The average Bonchev–Trinajstić information content (AvgIpc) is 3.41. The van der Waals surface area contributed by atoms with Gasteiger partial charge in [-0.15, -0.1) is 22.9 Å². The number of carbonyl (C=O) groups excluding carboxylic acids is 4. The van der Waals surface area contributed by atoms with Crippen molar-refractivity contribution in [2.24, 2.45) is 0 Å². The van der Waals surface area contributed by atoms with Gasteiger partial charge >= 0.3 is 160 Å². The van der Waals surface area contributed by atoms with Gasteiger partial charge in [0.25, 0.3) is 0 Å². The van der Waals surface area contributed by atoms with E-state index < -0.39 is 5.97 Å². The molecule has 47 heavy (non-hydrogen) atoms. The van der Waals surface area contributed by atoms with E-state index in [0.717, 1.165) is 17.7 Å². The van der Waals surface area contributed by atoms with E-state index >= 15 is 0 Å². The van der Waals surface area contributed by atoms with Crippen LogP contribution in [0.5, 0.6) is 5.75 Å². The summed E-state index contributed by atoms with van der Waals surface area (Å²) in [6, 6.07) is 30.6. The Bertz CT molecular complexity index is 1590. The molecule has 0 N–H and O–H groups in total. The summed E-state index contributed by atoms with van der Waals surface area (Å²) in [5.41, 5.74) is 2.54. The van der Waals surface area contributed by atoms with Gasteiger partial charge < -0.3 is 19.4 Å². The number of rotatable bonds is 2. The van der Waals surface area contributed by atoms with Gasteiger partial charge in [-0.1, -0.05) is 129 Å². The Morgan fingerprint density at radius 3 is 1.62 bits per heavy atom. The molecule has 224 valence electrons. The van der Waals surface area contributed by atoms with Crippen LogP contribution in [0.25, 0.3) is 21.5 Å². The Balaban J connectivity index is -0.000000536. The first-order valence-electron chi connectivity index (χ1n) is 13.6. The van der Waals surface area contributed by atoms with Crippen LogP contribution < -0.4 is 164 Å². The van der Waals surface area contributed by atoms with Crippen LogP contribution in [0.4, 0.5) is 0 Å². The van der Waals surface area contributed by atoms with Crippen molar-refractivity contribution < 1.29 is 183 Å². The zero-order valence-electron chi connectivity index (χ0n) is 27.8. The van der Waals surface area contributed by atoms with Gasteiger partial charge in [0.2, 0.25) is 0 Å². The second-order valence-electron chi connectivity index (χ2n) is 8.27. The number of hydrogen-bond donors (Lipinski definition) is 0. The molecule has 0 saturated heterocycles. The maximum atomic E-state index is 9.96. The van der Waals surface area contributed by atoms with Gasteiger partial charge in [0.1, 0.15) is 0 Å². The topological polar surface area (TPSA) is 101 Å². The predicted octanol–water partition coefficient (Wildman–Crippen LogP) is -1.77. The zero-order chi connectivity index (χ0) is 32.4. The number of allylic oxidation sites excluding steroid dienone is 12. The average molecular weight is 703 g/mol. The third kappa shape index (κ3) is 23.2. The molecule has 0 atom stereocenters. The summed E-state index contributed by atoms with van der Waals surface area (Å²) in [4.78, 5) is 35.1. The molecule has 6 nitrogen and oxygen atoms in total. The van der Waals surface area contributed by atoms with Crippen molar-refractivity contribution in [1.82, 2.24) is 0 Å². The number of fused-ring (bicyclic) bond motifs is 3. The number of benzene rings is 4. The molecule has 0 aromatic heterocycles. The molecule has 0 saturated carbocycles. The summed E-state index contributed by atoms with van der Waals surface area (Å²) in [5.74, 6) is -0.561. The van der Waals surface area contributed by atoms with Gasteiger partial charge in [-0.25, -0.2) is 0 Å². The molecule has 2 aliphatic rings. The Hall–Kier alpha value is -0.931. The molecule has 0 heterocycles. The summed E-state index contributed by atoms with van der Waals surface area (Å²) in [5, 5.41) is 13.6. The van der Waals surface area contributed by atoms with E-state index in [-0.39, 0.29) is 160 Å². The van der Waals surface area contributed by atoms with E-state index in [2.05, 4.69) is 77.6 Å². The van der Waals surface area contributed by atoms with Crippen LogP contribution in [-0.4, -0.2) is 18.6 Å². The Morgan fingerprint density at radius 1 is 0.702 bits per heavy atom. The van der Waals surface area contributed by atoms with Gasteiger partial charge in [0.15, 0.2) is 6.47 Å². The molecular weight excluding hydrogens is 670 g/mol. The van der Waals surface area contributed by atoms with Gasteiger partial charge in [-0.2, -0.15) is 33.9 Å². The normalized spacial score (nSPS) is 10.6. The van der Waals surface area contributed by atoms with Crippen molar-refractivity contribution in [1.29, 1.82) is 0 Å². The van der Waals surface area contributed by atoms with Crippen molar-refractivity contribution in [2.45, 2.75) is 20.8 Å². The van der Waals surface area contributed by atoms with Gasteiger partial charge in [-0.3, -0.25) is 0 Å². The van der Waals surface area contributed by atoms with Crippen molar-refractivity contribution in [3.8, 4) is 5.75 Å². The SMILES string of the molecule is C1=CC=C2C=CC=CC=C2C=C1.CC.CC(=O)[O-].O=C=O.O=[C-]Oc1ccc2ccccc2c1.[K+].[K+].[K+].[c-]1ccc2ccccc2c1. The first kappa shape index (κ1) is 50.4. The number of carboxylic acids is 1. The van der Waals surface area contributed by atoms with Crippen LogP contribution in [-0.2, 0) is 19.2 Å². The van der Waals surface area contributed by atoms with Gasteiger partial charge in [0.05, 0.1) is 0 Å². The van der Waals surface area contributed by atoms with Crippen LogP contribution in [0.2, 0.25) is 0 Å². The second kappa shape index (κ2) is 33.6. The van der Waals surface area contributed by atoms with E-state index in [0.29, 0.717) is 5.75 Å². The third-order valence-electron chi connectivity index (χ3n) is 5.36. The first-order chi connectivity index (χ1) is 21.5. The fourth-order valence-electron chi connectivity index (χ4n) is 3.61. The predicted molar refractivity (Wildman–Crippen MR) is 173 cm³/mol. The molecular formula is C38H33K3O6. The number of carbonyl (C=O) groups is 1. The molecule has 4 aromatic carbocycles. The zero-order valence-corrected chi connectivity index (χ0v) is 37.2. The summed E-state index contributed by atoms with van der Waals surface area (Å²) >= 11 is 0. The number of carboxylic acid groups (broad SMARTS) is 1. The van der Waals surface area contributed by atoms with Crippen molar-refractivity contribution in [2.75, 3.05) is 0 Å². The molecule has 0 spiro atoms. The fraction of sp³-hybridized carbons (Fsp3) is 0.0789. The largest absolute Gasteiger partial charge is 1.00 e. The van der Waals surface area contributed by atoms with Crippen LogP contribution in [0.15, 0.2) is 157 Å². The molecule has 2 aliphatic carbocycles. The minimum Gasteiger partial charge on any atom is -0.610 e. The van der Waals surface area contributed by atoms with E-state index in [4.69, 9.17) is 19.5 Å². The summed E-state index contributed by atoms with van der Waals surface area (Å²) in [6.45, 7) is 6.37. The van der Waals surface area contributed by atoms with Gasteiger partial charge in [0, 0.05) is 5.97 Å². The quantitative estimate of drug-likeness (QED) is 0.181. The molecule has 0 fully saturated rings. The molecule has 0 bridgehead atoms. The van der Waals surface area contributed by atoms with E-state index in [1.807, 2.05) is 80.6 Å². The third-order valence-corrected chi connectivity index (χ3v) is 5.36. The first-order valence-corrected chi connectivity index (χ1v) is 13.6. The maximum absolute atomic E-state index is 9.96. The Kier molecular flexibility index (Phi) is 36.0. The van der Waals surface area contributed by atoms with Crippen molar-refractivity contribution in [3.63, 3.8) is 0 Å². The smallest absolute Gasteiger partial charge is 0.610 e. The van der Waals surface area contributed by atoms with E-state index in [9.17, 15) is 4.79 Å². The van der Waals surface area contributed by atoms with Crippen LogP contribution in [0.1, 0.15) is 20.8 Å².